The van der Waals surface area contributed by atoms with Crippen LogP contribution in [0.5, 0.6) is 0 Å². The molecule has 13 heavy (non-hydrogen) atoms. The van der Waals surface area contributed by atoms with Crippen molar-refractivity contribution in [2.24, 2.45) is 23.7 Å². The normalized spacial score (nSPS) is 42.0. The largest absolute Gasteiger partial charge is 0.295 e. The van der Waals surface area contributed by atoms with E-state index in [4.69, 9.17) is 0 Å². The van der Waals surface area contributed by atoms with Crippen molar-refractivity contribution in [1.29, 1.82) is 0 Å². The van der Waals surface area contributed by atoms with Gasteiger partial charge in [0.1, 0.15) is 0 Å². The van der Waals surface area contributed by atoms with E-state index >= 15 is 0 Å². The van der Waals surface area contributed by atoms with Gasteiger partial charge < -0.3 is 0 Å². The third kappa shape index (κ3) is 1.48. The van der Waals surface area contributed by atoms with E-state index in [1.54, 1.807) is 13.0 Å². The molecule has 1 fully saturated rings. The molecular weight excluding hydrogens is 160 g/mol. The zero-order valence-corrected chi connectivity index (χ0v) is 8.23. The second kappa shape index (κ2) is 3.13. The average molecular weight is 176 g/mol. The first-order chi connectivity index (χ1) is 6.18. The van der Waals surface area contributed by atoms with Gasteiger partial charge in [-0.2, -0.15) is 0 Å². The lowest BCUT2D eigenvalue weighted by molar-refractivity contribution is -0.112. The van der Waals surface area contributed by atoms with E-state index in [1.165, 1.54) is 6.42 Å². The van der Waals surface area contributed by atoms with E-state index < -0.39 is 0 Å². The van der Waals surface area contributed by atoms with Gasteiger partial charge in [0, 0.05) is 0 Å². The quantitative estimate of drug-likeness (QED) is 0.467. The molecule has 1 nitrogen and oxygen atoms in total. The number of carbonyl (C=O) groups is 1. The Bertz CT molecular complexity index is 275. The Morgan fingerprint density at radius 1 is 1.38 bits per heavy atom. The zero-order valence-electron chi connectivity index (χ0n) is 8.23. The summed E-state index contributed by atoms with van der Waals surface area (Å²) in [6.45, 7) is 3.91. The topological polar surface area (TPSA) is 17.1 Å². The fourth-order valence-electron chi connectivity index (χ4n) is 2.67. The van der Waals surface area contributed by atoms with Crippen molar-refractivity contribution in [3.63, 3.8) is 0 Å². The van der Waals surface area contributed by atoms with Gasteiger partial charge in [0.15, 0.2) is 5.78 Å². The van der Waals surface area contributed by atoms with Crippen molar-refractivity contribution in [3.8, 4) is 0 Å². The van der Waals surface area contributed by atoms with Crippen molar-refractivity contribution in [2.75, 3.05) is 0 Å². The highest BCUT2D eigenvalue weighted by molar-refractivity contribution is 5.87. The van der Waals surface area contributed by atoms with Crippen LogP contribution in [0, 0.1) is 23.7 Å². The molecule has 0 aromatic heterocycles. The highest BCUT2D eigenvalue weighted by atomic mass is 16.1. The molecule has 0 saturated heterocycles. The van der Waals surface area contributed by atoms with Crippen molar-refractivity contribution in [2.45, 2.75) is 20.3 Å². The summed E-state index contributed by atoms with van der Waals surface area (Å²) in [5, 5.41) is 0. The highest BCUT2D eigenvalue weighted by Crippen LogP contribution is 2.48. The van der Waals surface area contributed by atoms with E-state index in [1.807, 2.05) is 0 Å². The molecule has 0 aromatic rings. The number of hydrogen-bond acceptors (Lipinski definition) is 1. The summed E-state index contributed by atoms with van der Waals surface area (Å²) in [6, 6.07) is 0. The van der Waals surface area contributed by atoms with E-state index in [2.05, 4.69) is 25.2 Å². The Morgan fingerprint density at radius 3 is 2.62 bits per heavy atom. The molecule has 2 aliphatic rings. The van der Waals surface area contributed by atoms with E-state index in [0.29, 0.717) is 11.8 Å². The molecule has 2 rings (SSSR count). The Balaban J connectivity index is 2.09. The standard InChI is InChI=1S/C12H16O/c1-8(13)3-6-12-9(2)10-4-5-11(12)7-10/h3-6,9-12H,7H2,1-2H3/b6-3+. The van der Waals surface area contributed by atoms with Gasteiger partial charge in [-0.05, 0) is 43.1 Å². The van der Waals surface area contributed by atoms with Gasteiger partial charge in [-0.3, -0.25) is 4.79 Å². The van der Waals surface area contributed by atoms with Crippen LogP contribution >= 0.6 is 0 Å². The Hall–Kier alpha value is -0.850. The van der Waals surface area contributed by atoms with Crippen molar-refractivity contribution in [3.05, 3.63) is 24.3 Å². The highest BCUT2D eigenvalue weighted by Gasteiger charge is 2.40. The molecule has 70 valence electrons. The predicted octanol–water partition coefficient (Wildman–Crippen LogP) is 2.59. The molecule has 1 saturated carbocycles. The molecule has 0 amide bonds. The van der Waals surface area contributed by atoms with Crippen LogP contribution in [0.2, 0.25) is 0 Å². The lowest BCUT2D eigenvalue weighted by Crippen LogP contribution is -2.14. The van der Waals surface area contributed by atoms with E-state index in [-0.39, 0.29) is 5.78 Å². The molecule has 2 aliphatic carbocycles. The summed E-state index contributed by atoms with van der Waals surface area (Å²) in [6.07, 6.45) is 9.80. The SMILES string of the molecule is CC(=O)/C=C/C1C2C=CC(C2)C1C. The molecule has 2 bridgehead atoms. The van der Waals surface area contributed by atoms with Gasteiger partial charge in [-0.15, -0.1) is 0 Å². The minimum atomic E-state index is 0.166. The van der Waals surface area contributed by atoms with Crippen LogP contribution in [0.25, 0.3) is 0 Å². The van der Waals surface area contributed by atoms with Gasteiger partial charge in [0.25, 0.3) is 0 Å². The number of ketones is 1. The van der Waals surface area contributed by atoms with Gasteiger partial charge >= 0.3 is 0 Å². The van der Waals surface area contributed by atoms with Crippen LogP contribution in [0.3, 0.4) is 0 Å². The molecule has 0 aliphatic heterocycles. The fraction of sp³-hybridized carbons (Fsp3) is 0.583. The average Bonchev–Trinajstić information content (AvgIpc) is 2.61. The van der Waals surface area contributed by atoms with Gasteiger partial charge in [0.05, 0.1) is 0 Å². The van der Waals surface area contributed by atoms with E-state index in [9.17, 15) is 4.79 Å². The molecule has 0 heterocycles. The Kier molecular flexibility index (Phi) is 2.10. The molecule has 4 atom stereocenters. The van der Waals surface area contributed by atoms with Gasteiger partial charge in [-0.25, -0.2) is 0 Å². The Morgan fingerprint density at radius 2 is 2.08 bits per heavy atom. The van der Waals surface area contributed by atoms with Crippen molar-refractivity contribution >= 4 is 5.78 Å². The van der Waals surface area contributed by atoms with Crippen molar-refractivity contribution < 1.29 is 4.79 Å². The molecular formula is C12H16O. The summed E-state index contributed by atoms with van der Waals surface area (Å²) in [4.78, 5) is 10.8. The summed E-state index contributed by atoms with van der Waals surface area (Å²) in [5.74, 6) is 2.98. The molecule has 0 aromatic carbocycles. The molecule has 0 spiro atoms. The van der Waals surface area contributed by atoms with Crippen LogP contribution in [-0.4, -0.2) is 5.78 Å². The molecule has 4 unspecified atom stereocenters. The maximum atomic E-state index is 10.8. The van der Waals surface area contributed by atoms with Crippen LogP contribution < -0.4 is 0 Å². The Labute approximate surface area is 79.5 Å². The van der Waals surface area contributed by atoms with Gasteiger partial charge in [-0.1, -0.05) is 25.2 Å². The smallest absolute Gasteiger partial charge is 0.152 e. The van der Waals surface area contributed by atoms with Crippen LogP contribution in [0.4, 0.5) is 0 Å². The zero-order chi connectivity index (χ0) is 9.42. The monoisotopic (exact) mass is 176 g/mol. The number of hydrogen-bond donors (Lipinski definition) is 0. The minimum Gasteiger partial charge on any atom is -0.295 e. The lowest BCUT2D eigenvalue weighted by Gasteiger charge is -2.21. The van der Waals surface area contributed by atoms with E-state index in [0.717, 1.165) is 11.8 Å². The number of rotatable bonds is 2. The maximum Gasteiger partial charge on any atom is 0.152 e. The first kappa shape index (κ1) is 8.74. The number of fused-ring (bicyclic) bond motifs is 2. The first-order valence-corrected chi connectivity index (χ1v) is 5.05. The molecule has 1 heteroatoms. The molecule has 0 N–H and O–H groups in total. The minimum absolute atomic E-state index is 0.166. The van der Waals surface area contributed by atoms with Crippen molar-refractivity contribution in [1.82, 2.24) is 0 Å². The predicted molar refractivity (Wildman–Crippen MR) is 53.2 cm³/mol. The van der Waals surface area contributed by atoms with Crippen LogP contribution in [-0.2, 0) is 4.79 Å². The summed E-state index contributed by atoms with van der Waals surface area (Å²) in [5.41, 5.74) is 0. The fourth-order valence-corrected chi connectivity index (χ4v) is 2.67. The molecule has 0 radical (unpaired) electrons. The second-order valence-corrected chi connectivity index (χ2v) is 4.35. The summed E-state index contributed by atoms with van der Waals surface area (Å²) in [7, 11) is 0. The third-order valence-electron chi connectivity index (χ3n) is 3.48. The lowest BCUT2D eigenvalue weighted by atomic mass is 9.84. The third-order valence-corrected chi connectivity index (χ3v) is 3.48. The maximum absolute atomic E-state index is 10.8. The number of allylic oxidation sites excluding steroid dienone is 4. The summed E-state index contributed by atoms with van der Waals surface area (Å²) >= 11 is 0. The number of carbonyl (C=O) groups excluding carboxylic acids is 1. The van der Waals surface area contributed by atoms with Gasteiger partial charge in [0.2, 0.25) is 0 Å². The van der Waals surface area contributed by atoms with Crippen LogP contribution in [0.15, 0.2) is 24.3 Å². The first-order valence-electron chi connectivity index (χ1n) is 5.05. The second-order valence-electron chi connectivity index (χ2n) is 4.35. The van der Waals surface area contributed by atoms with Crippen LogP contribution in [0.1, 0.15) is 20.3 Å². The summed E-state index contributed by atoms with van der Waals surface area (Å²) < 4.78 is 0.